The van der Waals surface area contributed by atoms with Crippen molar-refractivity contribution in [2.45, 2.75) is 19.3 Å². The number of aromatic nitrogens is 1. The first-order valence-corrected chi connectivity index (χ1v) is 7.14. The molecule has 1 aliphatic carbocycles. The van der Waals surface area contributed by atoms with E-state index >= 15 is 0 Å². The van der Waals surface area contributed by atoms with Crippen LogP contribution in [0, 0.1) is 5.41 Å². The summed E-state index contributed by atoms with van der Waals surface area (Å²) in [7, 11) is 0. The average molecular weight is 286 g/mol. The lowest BCUT2D eigenvalue weighted by atomic mass is 10.0. The molecular weight excluding hydrogens is 268 g/mol. The van der Waals surface area contributed by atoms with Crippen LogP contribution in [0.15, 0.2) is 40.9 Å². The molecule has 2 N–H and O–H groups in total. The molecule has 0 atom stereocenters. The van der Waals surface area contributed by atoms with Gasteiger partial charge >= 0.3 is 0 Å². The topological polar surface area (TPSA) is 75.4 Å². The first-order chi connectivity index (χ1) is 10.2. The second kappa shape index (κ2) is 5.69. The molecule has 0 saturated heterocycles. The summed E-state index contributed by atoms with van der Waals surface area (Å²) in [5, 5.41) is 15.7. The van der Waals surface area contributed by atoms with Gasteiger partial charge in [-0.05, 0) is 24.7 Å². The van der Waals surface area contributed by atoms with Gasteiger partial charge < -0.3 is 14.9 Å². The second-order valence-electron chi connectivity index (χ2n) is 5.60. The molecule has 1 aromatic carbocycles. The van der Waals surface area contributed by atoms with Gasteiger partial charge in [0.05, 0.1) is 0 Å². The molecule has 0 radical (unpaired) electrons. The molecule has 5 heteroatoms. The molecule has 1 aromatic heterocycles. The van der Waals surface area contributed by atoms with Crippen LogP contribution in [0.2, 0.25) is 0 Å². The van der Waals surface area contributed by atoms with Crippen molar-refractivity contribution in [1.82, 2.24) is 10.5 Å². The van der Waals surface area contributed by atoms with E-state index in [9.17, 15) is 4.79 Å². The summed E-state index contributed by atoms with van der Waals surface area (Å²) in [6.07, 6.45) is 2.85. The van der Waals surface area contributed by atoms with Crippen LogP contribution in [0.3, 0.4) is 0 Å². The Morgan fingerprint density at radius 3 is 2.76 bits per heavy atom. The maximum atomic E-state index is 12.1. The zero-order valence-electron chi connectivity index (χ0n) is 11.7. The molecule has 0 bridgehead atoms. The number of carbonyl (C=O) groups excluding carboxylic acids is 1. The Hall–Kier alpha value is -2.14. The van der Waals surface area contributed by atoms with Crippen molar-refractivity contribution in [3.8, 4) is 11.3 Å². The van der Waals surface area contributed by atoms with Crippen LogP contribution in [0.1, 0.15) is 29.8 Å². The highest BCUT2D eigenvalue weighted by Crippen LogP contribution is 2.47. The number of benzene rings is 1. The lowest BCUT2D eigenvalue weighted by Gasteiger charge is -2.13. The van der Waals surface area contributed by atoms with Gasteiger partial charge in [-0.15, -0.1) is 0 Å². The number of amides is 1. The van der Waals surface area contributed by atoms with Crippen molar-refractivity contribution >= 4 is 5.91 Å². The number of carbonyl (C=O) groups is 1. The summed E-state index contributed by atoms with van der Waals surface area (Å²) < 4.78 is 5.22. The van der Waals surface area contributed by atoms with E-state index in [0.29, 0.717) is 12.3 Å². The number of aliphatic hydroxyl groups excluding tert-OH is 1. The summed E-state index contributed by atoms with van der Waals surface area (Å²) in [4.78, 5) is 12.1. The van der Waals surface area contributed by atoms with Gasteiger partial charge in [0, 0.05) is 24.8 Å². The summed E-state index contributed by atoms with van der Waals surface area (Å²) in [5.74, 6) is 0.349. The van der Waals surface area contributed by atoms with E-state index in [4.69, 9.17) is 9.63 Å². The van der Waals surface area contributed by atoms with E-state index in [1.54, 1.807) is 6.07 Å². The highest BCUT2D eigenvalue weighted by Gasteiger charge is 2.42. The van der Waals surface area contributed by atoms with E-state index in [-0.39, 0.29) is 23.6 Å². The third-order valence-electron chi connectivity index (χ3n) is 4.02. The molecule has 0 aliphatic heterocycles. The molecule has 110 valence electrons. The SMILES string of the molecule is O=C(NCC1(CCO)CC1)c1cc(-c2ccccc2)on1. The van der Waals surface area contributed by atoms with E-state index in [2.05, 4.69) is 10.5 Å². The number of nitrogens with zero attached hydrogens (tertiary/aromatic N) is 1. The fourth-order valence-corrected chi connectivity index (χ4v) is 2.41. The molecule has 2 aromatic rings. The number of aliphatic hydroxyl groups is 1. The monoisotopic (exact) mass is 286 g/mol. The van der Waals surface area contributed by atoms with Gasteiger partial charge in [0.2, 0.25) is 0 Å². The normalized spacial score (nSPS) is 15.7. The van der Waals surface area contributed by atoms with Crippen LogP contribution < -0.4 is 5.32 Å². The fourth-order valence-electron chi connectivity index (χ4n) is 2.41. The van der Waals surface area contributed by atoms with Gasteiger partial charge in [-0.2, -0.15) is 0 Å². The third kappa shape index (κ3) is 3.13. The Bertz CT molecular complexity index is 617. The molecule has 21 heavy (non-hydrogen) atoms. The highest BCUT2D eigenvalue weighted by molar-refractivity contribution is 5.93. The summed E-state index contributed by atoms with van der Waals surface area (Å²) in [6.45, 7) is 0.748. The van der Waals surface area contributed by atoms with E-state index < -0.39 is 0 Å². The quantitative estimate of drug-likeness (QED) is 0.854. The first-order valence-electron chi connectivity index (χ1n) is 7.14. The molecule has 1 amide bonds. The third-order valence-corrected chi connectivity index (χ3v) is 4.02. The first kappa shape index (κ1) is 13.8. The van der Waals surface area contributed by atoms with Crippen LogP contribution in [0.25, 0.3) is 11.3 Å². The van der Waals surface area contributed by atoms with Crippen LogP contribution in [-0.4, -0.2) is 29.3 Å². The maximum Gasteiger partial charge on any atom is 0.273 e. The second-order valence-corrected chi connectivity index (χ2v) is 5.60. The van der Waals surface area contributed by atoms with Crippen molar-refractivity contribution in [2.24, 2.45) is 5.41 Å². The van der Waals surface area contributed by atoms with Crippen LogP contribution in [0.5, 0.6) is 0 Å². The Morgan fingerprint density at radius 2 is 2.10 bits per heavy atom. The molecule has 1 fully saturated rings. The highest BCUT2D eigenvalue weighted by atomic mass is 16.5. The number of hydrogen-bond donors (Lipinski definition) is 2. The molecule has 5 nitrogen and oxygen atoms in total. The predicted octanol–water partition coefficient (Wildman–Crippen LogP) is 2.23. The van der Waals surface area contributed by atoms with Crippen molar-refractivity contribution < 1.29 is 14.4 Å². The van der Waals surface area contributed by atoms with Gasteiger partial charge in [-0.25, -0.2) is 0 Å². The van der Waals surface area contributed by atoms with Crippen LogP contribution >= 0.6 is 0 Å². The molecule has 0 unspecified atom stereocenters. The van der Waals surface area contributed by atoms with Crippen molar-refractivity contribution in [3.63, 3.8) is 0 Å². The summed E-state index contributed by atoms with van der Waals surface area (Å²) in [6, 6.07) is 11.2. The Morgan fingerprint density at radius 1 is 1.33 bits per heavy atom. The zero-order valence-corrected chi connectivity index (χ0v) is 11.7. The smallest absolute Gasteiger partial charge is 0.273 e. The summed E-state index contributed by atoms with van der Waals surface area (Å²) >= 11 is 0. The Labute approximate surface area is 123 Å². The molecule has 0 spiro atoms. The average Bonchev–Trinajstić information content (AvgIpc) is 3.10. The van der Waals surface area contributed by atoms with Gasteiger partial charge in [0.1, 0.15) is 0 Å². The van der Waals surface area contributed by atoms with Gasteiger partial charge in [0.25, 0.3) is 5.91 Å². The predicted molar refractivity (Wildman–Crippen MR) is 77.6 cm³/mol. The Kier molecular flexibility index (Phi) is 3.75. The molecule has 3 rings (SSSR count). The van der Waals surface area contributed by atoms with Gasteiger partial charge in [0.15, 0.2) is 11.5 Å². The minimum Gasteiger partial charge on any atom is -0.396 e. The largest absolute Gasteiger partial charge is 0.396 e. The lowest BCUT2D eigenvalue weighted by molar-refractivity contribution is 0.0932. The number of nitrogens with one attached hydrogen (secondary N) is 1. The van der Waals surface area contributed by atoms with E-state index in [1.165, 1.54) is 0 Å². The molecule has 1 saturated carbocycles. The van der Waals surface area contributed by atoms with Crippen molar-refractivity contribution in [3.05, 3.63) is 42.1 Å². The number of rotatable bonds is 6. The molecular formula is C16H18N2O3. The van der Waals surface area contributed by atoms with Crippen molar-refractivity contribution in [2.75, 3.05) is 13.2 Å². The van der Waals surface area contributed by atoms with Crippen LogP contribution in [0.4, 0.5) is 0 Å². The Balaban J connectivity index is 1.62. The molecule has 1 aliphatic rings. The number of hydrogen-bond acceptors (Lipinski definition) is 4. The summed E-state index contributed by atoms with van der Waals surface area (Å²) in [5.41, 5.74) is 1.27. The van der Waals surface area contributed by atoms with Gasteiger partial charge in [-0.3, -0.25) is 4.79 Å². The van der Waals surface area contributed by atoms with Gasteiger partial charge in [-0.1, -0.05) is 35.5 Å². The van der Waals surface area contributed by atoms with E-state index in [1.807, 2.05) is 30.3 Å². The standard InChI is InChI=1S/C16H18N2O3/c19-9-8-16(6-7-16)11-17-15(20)13-10-14(21-18-13)12-4-2-1-3-5-12/h1-5,10,19H,6-9,11H2,(H,17,20). The van der Waals surface area contributed by atoms with E-state index in [0.717, 1.165) is 24.8 Å². The minimum absolute atomic E-state index is 0.0937. The van der Waals surface area contributed by atoms with Crippen molar-refractivity contribution in [1.29, 1.82) is 0 Å². The molecule has 1 heterocycles. The zero-order chi connectivity index (χ0) is 14.7. The minimum atomic E-state index is -0.231. The fraction of sp³-hybridized carbons (Fsp3) is 0.375. The maximum absolute atomic E-state index is 12.1. The lowest BCUT2D eigenvalue weighted by Crippen LogP contribution is -2.30. The van der Waals surface area contributed by atoms with Crippen LogP contribution in [-0.2, 0) is 0 Å².